The van der Waals surface area contributed by atoms with E-state index in [0.29, 0.717) is 28.9 Å². The molecule has 3 aromatic heterocycles. The fraction of sp³-hybridized carbons (Fsp3) is 0.298. The molecule has 0 radical (unpaired) electrons. The van der Waals surface area contributed by atoms with Crippen LogP contribution in [0.2, 0.25) is 0 Å². The standard InChI is InChI=1S/C47H49N3O2/c1-27(2)31-19-32(28(3)4)21-33(20-31)34-22-36(44-42(23-34)52-45(50-44)37-24-35(46(5,6)7)14-15-41(37)51)29-12-11-13-30(18-29)38-25-48-26-39-40(47(8,9)10)16-17-49-43(38)39/h11-28,51H,1-10H3. The van der Waals surface area contributed by atoms with Crippen molar-refractivity contribution in [1.29, 1.82) is 0 Å². The first-order valence-electron chi connectivity index (χ1n) is 18.4. The van der Waals surface area contributed by atoms with Gasteiger partial charge in [0.05, 0.1) is 11.1 Å². The summed E-state index contributed by atoms with van der Waals surface area (Å²) in [5.41, 5.74) is 13.8. The van der Waals surface area contributed by atoms with Crippen LogP contribution in [0.15, 0.2) is 102 Å². The third-order valence-corrected chi connectivity index (χ3v) is 10.2. The molecule has 1 N–H and O–H groups in total. The molecule has 264 valence electrons. The molecule has 0 aliphatic rings. The smallest absolute Gasteiger partial charge is 0.231 e. The lowest BCUT2D eigenvalue weighted by Crippen LogP contribution is -2.12. The minimum Gasteiger partial charge on any atom is -0.507 e. The average molecular weight is 688 g/mol. The minimum absolute atomic E-state index is 0.0524. The zero-order chi connectivity index (χ0) is 37.1. The first kappa shape index (κ1) is 35.1. The van der Waals surface area contributed by atoms with Gasteiger partial charge in [-0.3, -0.25) is 9.97 Å². The van der Waals surface area contributed by atoms with Crippen LogP contribution in [0.3, 0.4) is 0 Å². The van der Waals surface area contributed by atoms with Crippen LogP contribution < -0.4 is 0 Å². The number of benzene rings is 4. The Morgan fingerprint density at radius 1 is 0.615 bits per heavy atom. The summed E-state index contributed by atoms with van der Waals surface area (Å²) >= 11 is 0. The van der Waals surface area contributed by atoms with Gasteiger partial charge in [0.15, 0.2) is 5.58 Å². The molecule has 5 nitrogen and oxygen atoms in total. The van der Waals surface area contributed by atoms with E-state index in [9.17, 15) is 5.11 Å². The maximum absolute atomic E-state index is 11.1. The summed E-state index contributed by atoms with van der Waals surface area (Å²) in [5, 5.41) is 12.1. The van der Waals surface area contributed by atoms with Gasteiger partial charge in [-0.25, -0.2) is 4.98 Å². The number of oxazole rings is 1. The van der Waals surface area contributed by atoms with E-state index in [1.54, 1.807) is 6.07 Å². The van der Waals surface area contributed by atoms with Crippen molar-refractivity contribution in [2.45, 2.75) is 91.9 Å². The van der Waals surface area contributed by atoms with Crippen LogP contribution in [0.4, 0.5) is 0 Å². The van der Waals surface area contributed by atoms with Crippen LogP contribution >= 0.6 is 0 Å². The Bertz CT molecular complexity index is 2430. The molecule has 0 aliphatic carbocycles. The van der Waals surface area contributed by atoms with Gasteiger partial charge in [-0.1, -0.05) is 112 Å². The molecule has 0 unspecified atom stereocenters. The van der Waals surface area contributed by atoms with Crippen LogP contribution in [-0.2, 0) is 10.8 Å². The quantitative estimate of drug-likeness (QED) is 0.188. The van der Waals surface area contributed by atoms with Crippen LogP contribution in [0.1, 0.15) is 103 Å². The molecule has 5 heteroatoms. The Balaban J connectivity index is 1.47. The summed E-state index contributed by atoms with van der Waals surface area (Å²) in [6, 6.07) is 27.6. The van der Waals surface area contributed by atoms with Crippen molar-refractivity contribution in [3.05, 3.63) is 120 Å². The molecule has 0 saturated carbocycles. The van der Waals surface area contributed by atoms with Gasteiger partial charge in [0, 0.05) is 35.1 Å². The molecule has 0 aliphatic heterocycles. The predicted octanol–water partition coefficient (Wildman–Crippen LogP) is 13.0. The normalized spacial score (nSPS) is 12.5. The van der Waals surface area contributed by atoms with E-state index in [4.69, 9.17) is 19.4 Å². The topological polar surface area (TPSA) is 72.0 Å². The molecule has 0 fully saturated rings. The van der Waals surface area contributed by atoms with E-state index < -0.39 is 0 Å². The molecular weight excluding hydrogens is 639 g/mol. The summed E-state index contributed by atoms with van der Waals surface area (Å²) in [7, 11) is 0. The van der Waals surface area contributed by atoms with Gasteiger partial charge >= 0.3 is 0 Å². The Hall–Kier alpha value is -5.29. The van der Waals surface area contributed by atoms with Crippen molar-refractivity contribution in [2.75, 3.05) is 0 Å². The zero-order valence-corrected chi connectivity index (χ0v) is 32.1. The molecule has 4 aromatic carbocycles. The number of rotatable bonds is 6. The van der Waals surface area contributed by atoms with E-state index in [2.05, 4.69) is 130 Å². The lowest BCUT2D eigenvalue weighted by Gasteiger charge is -2.21. The van der Waals surface area contributed by atoms with E-state index in [1.165, 1.54) is 16.7 Å². The highest BCUT2D eigenvalue weighted by atomic mass is 16.3. The van der Waals surface area contributed by atoms with E-state index in [-0.39, 0.29) is 16.6 Å². The van der Waals surface area contributed by atoms with Crippen LogP contribution in [0.5, 0.6) is 5.75 Å². The van der Waals surface area contributed by atoms with E-state index in [1.807, 2.05) is 30.7 Å². The predicted molar refractivity (Wildman–Crippen MR) is 216 cm³/mol. The number of aromatic hydroxyl groups is 1. The van der Waals surface area contributed by atoms with Crippen molar-refractivity contribution in [3.8, 4) is 50.6 Å². The van der Waals surface area contributed by atoms with Crippen LogP contribution in [-0.4, -0.2) is 20.1 Å². The van der Waals surface area contributed by atoms with Crippen molar-refractivity contribution in [1.82, 2.24) is 15.0 Å². The summed E-state index contributed by atoms with van der Waals surface area (Å²) < 4.78 is 6.61. The zero-order valence-electron chi connectivity index (χ0n) is 32.1. The van der Waals surface area contributed by atoms with Gasteiger partial charge in [0.1, 0.15) is 11.3 Å². The molecule has 0 spiro atoms. The largest absolute Gasteiger partial charge is 0.507 e. The van der Waals surface area contributed by atoms with E-state index in [0.717, 1.165) is 55.4 Å². The third-order valence-electron chi connectivity index (χ3n) is 10.2. The number of pyridine rings is 2. The molecule has 3 heterocycles. The summed E-state index contributed by atoms with van der Waals surface area (Å²) in [6.45, 7) is 22.1. The van der Waals surface area contributed by atoms with Gasteiger partial charge < -0.3 is 9.52 Å². The fourth-order valence-electron chi connectivity index (χ4n) is 7.00. The highest BCUT2D eigenvalue weighted by molar-refractivity contribution is 5.99. The minimum atomic E-state index is -0.109. The second-order valence-electron chi connectivity index (χ2n) is 16.8. The lowest BCUT2D eigenvalue weighted by atomic mass is 9.84. The van der Waals surface area contributed by atoms with Crippen molar-refractivity contribution >= 4 is 22.0 Å². The maximum Gasteiger partial charge on any atom is 0.231 e. The van der Waals surface area contributed by atoms with Gasteiger partial charge in [0.25, 0.3) is 0 Å². The molecular formula is C47H49N3O2. The SMILES string of the molecule is CC(C)c1cc(-c2cc(-c3cccc(-c4cncc5c(C(C)(C)C)ccnc45)c3)c3nc(-c4cc(C(C)(C)C)ccc4O)oc3c2)cc(C(C)C)c1. The maximum atomic E-state index is 11.1. The number of hydrogen-bond acceptors (Lipinski definition) is 5. The van der Waals surface area contributed by atoms with Gasteiger partial charge in [0.2, 0.25) is 5.89 Å². The number of aromatic nitrogens is 3. The van der Waals surface area contributed by atoms with E-state index >= 15 is 0 Å². The number of phenolic OH excluding ortho intramolecular Hbond substituents is 1. The van der Waals surface area contributed by atoms with Gasteiger partial charge in [-0.05, 0) is 104 Å². The molecule has 0 atom stereocenters. The lowest BCUT2D eigenvalue weighted by molar-refractivity contribution is 0.473. The second kappa shape index (κ2) is 13.0. The van der Waals surface area contributed by atoms with Gasteiger partial charge in [-0.15, -0.1) is 0 Å². The highest BCUT2D eigenvalue weighted by Gasteiger charge is 2.23. The number of phenols is 1. The van der Waals surface area contributed by atoms with Crippen molar-refractivity contribution < 1.29 is 9.52 Å². The molecule has 0 bridgehead atoms. The molecule has 0 saturated heterocycles. The van der Waals surface area contributed by atoms with Crippen molar-refractivity contribution in [3.63, 3.8) is 0 Å². The molecule has 7 aromatic rings. The number of nitrogens with zero attached hydrogens (tertiary/aromatic N) is 3. The second-order valence-corrected chi connectivity index (χ2v) is 16.8. The molecule has 52 heavy (non-hydrogen) atoms. The Morgan fingerprint density at radius 2 is 1.29 bits per heavy atom. The van der Waals surface area contributed by atoms with Crippen molar-refractivity contribution in [2.24, 2.45) is 0 Å². The number of hydrogen-bond donors (Lipinski definition) is 1. The summed E-state index contributed by atoms with van der Waals surface area (Å²) in [4.78, 5) is 14.7. The first-order valence-corrected chi connectivity index (χ1v) is 18.4. The number of fused-ring (bicyclic) bond motifs is 2. The summed E-state index contributed by atoms with van der Waals surface area (Å²) in [6.07, 6.45) is 5.75. The Kier molecular flexibility index (Phi) is 8.81. The van der Waals surface area contributed by atoms with Crippen LogP contribution in [0.25, 0.3) is 66.8 Å². The Labute approximate surface area is 307 Å². The Morgan fingerprint density at radius 3 is 1.94 bits per heavy atom. The average Bonchev–Trinajstić information content (AvgIpc) is 3.54. The van der Waals surface area contributed by atoms with Gasteiger partial charge in [-0.2, -0.15) is 0 Å². The summed E-state index contributed by atoms with van der Waals surface area (Å²) in [5.74, 6) is 1.30. The third kappa shape index (κ3) is 6.61. The monoisotopic (exact) mass is 687 g/mol. The first-order chi connectivity index (χ1) is 24.6. The van der Waals surface area contributed by atoms with Crippen LogP contribution in [0, 0.1) is 0 Å². The fourth-order valence-corrected chi connectivity index (χ4v) is 7.00. The highest BCUT2D eigenvalue weighted by Crippen LogP contribution is 2.42. The molecule has 0 amide bonds. The molecule has 7 rings (SSSR count).